The molecule has 12 nitrogen and oxygen atoms in total. The zero-order valence-electron chi connectivity index (χ0n) is 27.9. The monoisotopic (exact) mass is 712 g/mol. The summed E-state index contributed by atoms with van der Waals surface area (Å²) in [5.74, 6) is 1.33. The van der Waals surface area contributed by atoms with Crippen molar-refractivity contribution in [1.29, 1.82) is 0 Å². The SMILES string of the molecule is CC(CCC1(C(C)C)CC1C)C1CCC2(C)C3CC(OS(=O)(=O)O)C4CC(OS(=O)(=O)O)C(OS(=O)(=O)O)CC4(C)C3=CCC12C. The molecule has 3 N–H and O–H groups in total. The summed E-state index contributed by atoms with van der Waals surface area (Å²) in [6, 6.07) is 0. The van der Waals surface area contributed by atoms with Gasteiger partial charge in [0, 0.05) is 0 Å². The van der Waals surface area contributed by atoms with Crippen LogP contribution in [0.1, 0.15) is 106 Å². The van der Waals surface area contributed by atoms with Crippen molar-refractivity contribution in [3.8, 4) is 0 Å². The van der Waals surface area contributed by atoms with Crippen LogP contribution in [0.15, 0.2) is 11.6 Å². The van der Waals surface area contributed by atoms with Crippen LogP contribution in [-0.2, 0) is 43.7 Å². The third-order valence-electron chi connectivity index (χ3n) is 14.1. The highest BCUT2D eigenvalue weighted by atomic mass is 32.3. The third-order valence-corrected chi connectivity index (χ3v) is 15.5. The van der Waals surface area contributed by atoms with Crippen molar-refractivity contribution in [1.82, 2.24) is 0 Å². The summed E-state index contributed by atoms with van der Waals surface area (Å²) in [5, 5.41) is 0. The van der Waals surface area contributed by atoms with Gasteiger partial charge in [-0.25, -0.2) is 12.5 Å². The molecule has 0 aromatic heterocycles. The maximum absolute atomic E-state index is 12.2. The Morgan fingerprint density at radius 1 is 0.826 bits per heavy atom. The average Bonchev–Trinajstić information content (AvgIpc) is 3.45. The lowest BCUT2D eigenvalue weighted by Crippen LogP contribution is -2.60. The maximum atomic E-state index is 12.2. The number of fused-ring (bicyclic) bond motifs is 5. The van der Waals surface area contributed by atoms with Gasteiger partial charge >= 0.3 is 31.2 Å². The first kappa shape index (κ1) is 36.6. The van der Waals surface area contributed by atoms with Crippen LogP contribution in [0.2, 0.25) is 0 Å². The van der Waals surface area contributed by atoms with E-state index in [-0.39, 0.29) is 36.0 Å². The first-order chi connectivity index (χ1) is 20.9. The Morgan fingerprint density at radius 3 is 1.89 bits per heavy atom. The summed E-state index contributed by atoms with van der Waals surface area (Å²) >= 11 is 0. The van der Waals surface area contributed by atoms with Gasteiger partial charge in [0.1, 0.15) is 12.2 Å². The van der Waals surface area contributed by atoms with E-state index in [4.69, 9.17) is 12.5 Å². The summed E-state index contributed by atoms with van der Waals surface area (Å²) in [6.45, 7) is 15.8. The summed E-state index contributed by atoms with van der Waals surface area (Å²) in [4.78, 5) is 0. The van der Waals surface area contributed by atoms with Gasteiger partial charge < -0.3 is 0 Å². The molecule has 0 radical (unpaired) electrons. The zero-order valence-corrected chi connectivity index (χ0v) is 30.3. The highest BCUT2D eigenvalue weighted by Crippen LogP contribution is 2.72. The molecule has 0 bridgehead atoms. The maximum Gasteiger partial charge on any atom is 0.397 e. The average molecular weight is 713 g/mol. The molecule has 4 fully saturated rings. The lowest BCUT2D eigenvalue weighted by Gasteiger charge is -2.63. The van der Waals surface area contributed by atoms with Gasteiger partial charge in [-0.2, -0.15) is 25.3 Å². The Labute approximate surface area is 275 Å². The Bertz CT molecular complexity index is 1560. The van der Waals surface area contributed by atoms with Gasteiger partial charge in [-0.15, -0.1) is 0 Å². The van der Waals surface area contributed by atoms with Crippen LogP contribution < -0.4 is 0 Å². The van der Waals surface area contributed by atoms with E-state index in [0.717, 1.165) is 37.2 Å². The minimum Gasteiger partial charge on any atom is -0.264 e. The minimum atomic E-state index is -5.09. The summed E-state index contributed by atoms with van der Waals surface area (Å²) in [7, 11) is -15.1. The third kappa shape index (κ3) is 6.50. The fourth-order valence-electron chi connectivity index (χ4n) is 11.3. The molecule has 5 aliphatic rings. The van der Waals surface area contributed by atoms with Crippen molar-refractivity contribution < 1.29 is 51.5 Å². The van der Waals surface area contributed by atoms with E-state index in [1.165, 1.54) is 12.8 Å². The molecule has 0 heterocycles. The number of allylic oxidation sites excluding steroid dienone is 2. The Morgan fingerprint density at radius 2 is 1.37 bits per heavy atom. The van der Waals surface area contributed by atoms with Crippen molar-refractivity contribution >= 4 is 31.2 Å². The molecule has 0 amide bonds. The lowest BCUT2D eigenvalue weighted by molar-refractivity contribution is -0.122. The first-order valence-corrected chi connectivity index (χ1v) is 20.6. The van der Waals surface area contributed by atoms with Crippen LogP contribution in [0, 0.1) is 57.2 Å². The highest BCUT2D eigenvalue weighted by molar-refractivity contribution is 7.81. The van der Waals surface area contributed by atoms with Crippen LogP contribution in [0.3, 0.4) is 0 Å². The Hall–Kier alpha value is -0.650. The normalized spacial score (nSPS) is 45.0. The van der Waals surface area contributed by atoms with E-state index >= 15 is 0 Å². The lowest BCUT2D eigenvalue weighted by atomic mass is 9.43. The van der Waals surface area contributed by atoms with Crippen molar-refractivity contribution in [2.75, 3.05) is 0 Å². The predicted octanol–water partition coefficient (Wildman–Crippen LogP) is 5.84. The fourth-order valence-corrected chi connectivity index (χ4v) is 12.8. The van der Waals surface area contributed by atoms with Crippen LogP contribution in [0.25, 0.3) is 0 Å². The van der Waals surface area contributed by atoms with Gasteiger partial charge in [0.05, 0.1) is 6.10 Å². The van der Waals surface area contributed by atoms with Gasteiger partial charge in [-0.05, 0) is 115 Å². The second-order valence-corrected chi connectivity index (χ2v) is 19.4. The molecule has 12 atom stereocenters. The molecule has 0 saturated heterocycles. The molecule has 0 aromatic rings. The van der Waals surface area contributed by atoms with Crippen molar-refractivity contribution in [2.45, 2.75) is 125 Å². The summed E-state index contributed by atoms with van der Waals surface area (Å²) in [5.41, 5.74) is 0.0205. The minimum absolute atomic E-state index is 0.123. The van der Waals surface area contributed by atoms with Gasteiger partial charge in [0.25, 0.3) is 0 Å². The van der Waals surface area contributed by atoms with Gasteiger partial charge in [0.15, 0.2) is 0 Å². The van der Waals surface area contributed by atoms with Crippen LogP contribution >= 0.6 is 0 Å². The van der Waals surface area contributed by atoms with E-state index in [2.05, 4.69) is 47.6 Å². The predicted molar refractivity (Wildman–Crippen MR) is 169 cm³/mol. The second-order valence-electron chi connectivity index (χ2n) is 16.3. The molecule has 12 unspecified atom stereocenters. The molecular weight excluding hydrogens is 661 g/mol. The largest absolute Gasteiger partial charge is 0.397 e. The fraction of sp³-hybridized carbons (Fsp3) is 0.935. The van der Waals surface area contributed by atoms with Crippen LogP contribution in [-0.4, -0.2) is 57.2 Å². The standard InChI is InChI=1S/C31H52O12S3/c1-18(2)31(16-20(31)4)13-8-19(3)21-9-11-30(7)23-14-25(41-44(32,33)34)24-15-26(42-45(35,36)37)27(43-46(38,39)40)17-28(24,5)22(23)10-12-29(21,30)6/h10,18-21,23-27H,8-9,11-17H2,1-7H3,(H,32,33,34)(H,35,36,37)(H,38,39,40). The van der Waals surface area contributed by atoms with Crippen molar-refractivity contribution in [2.24, 2.45) is 57.2 Å². The first-order valence-electron chi connectivity index (χ1n) is 16.5. The van der Waals surface area contributed by atoms with Crippen molar-refractivity contribution in [3.05, 3.63) is 11.6 Å². The topological polar surface area (TPSA) is 191 Å². The second kappa shape index (κ2) is 11.7. The molecule has 0 spiro atoms. The summed E-state index contributed by atoms with van der Waals surface area (Å²) < 4.78 is 115. The van der Waals surface area contributed by atoms with Crippen LogP contribution in [0.4, 0.5) is 0 Å². The smallest absolute Gasteiger partial charge is 0.264 e. The number of rotatable bonds is 11. The van der Waals surface area contributed by atoms with E-state index in [1.807, 2.05) is 6.92 Å². The van der Waals surface area contributed by atoms with Gasteiger partial charge in [-0.1, -0.05) is 60.1 Å². The van der Waals surface area contributed by atoms with Crippen LogP contribution in [0.5, 0.6) is 0 Å². The van der Waals surface area contributed by atoms with E-state index in [9.17, 15) is 38.9 Å². The molecule has 5 rings (SSSR count). The molecular formula is C31H52O12S3. The highest BCUT2D eigenvalue weighted by Gasteiger charge is 2.67. The molecule has 0 aliphatic heterocycles. The Kier molecular flexibility index (Phi) is 9.33. The van der Waals surface area contributed by atoms with E-state index in [1.54, 1.807) is 0 Å². The molecule has 4 saturated carbocycles. The van der Waals surface area contributed by atoms with E-state index < -0.39 is 60.8 Å². The molecule has 5 aliphatic carbocycles. The van der Waals surface area contributed by atoms with Gasteiger partial charge in [0.2, 0.25) is 0 Å². The number of hydrogen-bond donors (Lipinski definition) is 3. The van der Waals surface area contributed by atoms with E-state index in [0.29, 0.717) is 23.2 Å². The Balaban J connectivity index is 1.51. The van der Waals surface area contributed by atoms with Gasteiger partial charge in [-0.3, -0.25) is 13.7 Å². The van der Waals surface area contributed by atoms with Crippen molar-refractivity contribution in [3.63, 3.8) is 0 Å². The summed E-state index contributed by atoms with van der Waals surface area (Å²) in [6.07, 6.45) is 4.06. The molecule has 46 heavy (non-hydrogen) atoms. The molecule has 0 aromatic carbocycles. The molecule has 15 heteroatoms. The number of hydrogen-bond acceptors (Lipinski definition) is 9. The zero-order chi connectivity index (χ0) is 34.5. The quantitative estimate of drug-likeness (QED) is 0.172. The molecule has 266 valence electrons.